The summed E-state index contributed by atoms with van der Waals surface area (Å²) in [6.45, 7) is 0. The number of benzene rings is 1. The van der Waals surface area contributed by atoms with E-state index in [0.717, 1.165) is 5.75 Å². The maximum absolute atomic E-state index is 10.5. The molecule has 2 heterocycles. The van der Waals surface area contributed by atoms with Crippen LogP contribution in [0.4, 0.5) is 0 Å². The van der Waals surface area contributed by atoms with Crippen molar-refractivity contribution < 1.29 is 14.3 Å². The predicted molar refractivity (Wildman–Crippen MR) is 73.9 cm³/mol. The van der Waals surface area contributed by atoms with Crippen LogP contribution >= 0.6 is 11.8 Å². The van der Waals surface area contributed by atoms with Crippen LogP contribution in [0.15, 0.2) is 33.6 Å². The summed E-state index contributed by atoms with van der Waals surface area (Å²) in [6, 6.07) is 8.24. The molecule has 0 aliphatic carbocycles. The lowest BCUT2D eigenvalue weighted by Gasteiger charge is -2.04. The van der Waals surface area contributed by atoms with Crippen molar-refractivity contribution in [2.24, 2.45) is 0 Å². The number of aromatic nitrogens is 2. The molecule has 1 aliphatic rings. The number of carboxylic acids is 1. The highest BCUT2D eigenvalue weighted by molar-refractivity contribution is 7.99. The monoisotopic (exact) mass is 290 g/mol. The lowest BCUT2D eigenvalue weighted by molar-refractivity contribution is -0.137. The second kappa shape index (κ2) is 5.66. The zero-order valence-electron chi connectivity index (χ0n) is 10.8. The Balaban J connectivity index is 1.70. The number of carbonyl (C=O) groups is 1. The van der Waals surface area contributed by atoms with Gasteiger partial charge in [-0.3, -0.25) is 4.79 Å². The van der Waals surface area contributed by atoms with Crippen LogP contribution in [-0.4, -0.2) is 27.0 Å². The van der Waals surface area contributed by atoms with Gasteiger partial charge in [-0.2, -0.15) is 0 Å². The number of aryl methyl sites for hydroxylation is 1. The zero-order valence-corrected chi connectivity index (χ0v) is 11.6. The molecular weight excluding hydrogens is 276 g/mol. The van der Waals surface area contributed by atoms with E-state index < -0.39 is 5.97 Å². The third-order valence-corrected chi connectivity index (χ3v) is 4.44. The van der Waals surface area contributed by atoms with Crippen LogP contribution in [0.25, 0.3) is 0 Å². The van der Waals surface area contributed by atoms with E-state index >= 15 is 0 Å². The second-order valence-electron chi connectivity index (χ2n) is 4.68. The van der Waals surface area contributed by atoms with Crippen LogP contribution in [0, 0.1) is 0 Å². The molecule has 0 amide bonds. The van der Waals surface area contributed by atoms with E-state index in [0.29, 0.717) is 24.6 Å². The van der Waals surface area contributed by atoms with E-state index in [2.05, 4.69) is 22.3 Å². The van der Waals surface area contributed by atoms with Gasteiger partial charge in [0.05, 0.1) is 5.92 Å². The molecule has 0 bridgehead atoms. The lowest BCUT2D eigenvalue weighted by atomic mass is 10.0. The van der Waals surface area contributed by atoms with Crippen LogP contribution < -0.4 is 0 Å². The number of rotatable bonds is 5. The minimum atomic E-state index is -0.800. The first-order valence-electron chi connectivity index (χ1n) is 6.50. The topological polar surface area (TPSA) is 76.2 Å². The van der Waals surface area contributed by atoms with Gasteiger partial charge in [0.25, 0.3) is 0 Å². The van der Waals surface area contributed by atoms with Crippen molar-refractivity contribution in [3.8, 4) is 0 Å². The van der Waals surface area contributed by atoms with Gasteiger partial charge in [0, 0.05) is 23.5 Å². The van der Waals surface area contributed by atoms with E-state index in [9.17, 15) is 4.79 Å². The van der Waals surface area contributed by atoms with E-state index in [4.69, 9.17) is 9.52 Å². The number of hydrogen-bond acceptors (Lipinski definition) is 5. The van der Waals surface area contributed by atoms with Gasteiger partial charge in [0.15, 0.2) is 0 Å². The third-order valence-electron chi connectivity index (χ3n) is 3.26. The normalized spacial score (nSPS) is 17.1. The fourth-order valence-corrected chi connectivity index (χ4v) is 3.49. The smallest absolute Gasteiger partial charge is 0.303 e. The van der Waals surface area contributed by atoms with Crippen molar-refractivity contribution >= 4 is 17.7 Å². The molecule has 0 saturated heterocycles. The summed E-state index contributed by atoms with van der Waals surface area (Å²) in [7, 11) is 0. The largest absolute Gasteiger partial charge is 0.481 e. The van der Waals surface area contributed by atoms with Crippen molar-refractivity contribution in [3.05, 3.63) is 41.6 Å². The minimum absolute atomic E-state index is 0.125. The molecule has 1 unspecified atom stereocenters. The zero-order chi connectivity index (χ0) is 13.9. The van der Waals surface area contributed by atoms with Gasteiger partial charge >= 0.3 is 5.97 Å². The molecule has 104 valence electrons. The summed E-state index contributed by atoms with van der Waals surface area (Å²) in [6.07, 6.45) is 1.16. The molecule has 3 rings (SSSR count). The van der Waals surface area contributed by atoms with E-state index in [-0.39, 0.29) is 12.3 Å². The summed E-state index contributed by atoms with van der Waals surface area (Å²) in [4.78, 5) is 11.7. The van der Waals surface area contributed by atoms with Crippen LogP contribution in [0.5, 0.6) is 0 Å². The number of nitrogens with zero attached hydrogens (tertiary/aromatic N) is 2. The van der Waals surface area contributed by atoms with Crippen LogP contribution in [0.2, 0.25) is 0 Å². The quantitative estimate of drug-likeness (QED) is 0.912. The highest BCUT2D eigenvalue weighted by Crippen LogP contribution is 2.42. The number of fused-ring (bicyclic) bond motifs is 1. The average Bonchev–Trinajstić information content (AvgIpc) is 3.04. The molecular formula is C14H14N2O3S. The van der Waals surface area contributed by atoms with Gasteiger partial charge in [0.1, 0.15) is 0 Å². The maximum atomic E-state index is 10.5. The first kappa shape index (κ1) is 13.2. The first-order chi connectivity index (χ1) is 9.74. The summed E-state index contributed by atoms with van der Waals surface area (Å²) < 4.78 is 5.68. The molecule has 0 fully saturated rings. The molecule has 1 aromatic carbocycles. The average molecular weight is 290 g/mol. The summed E-state index contributed by atoms with van der Waals surface area (Å²) in [5, 5.41) is 16.7. The SMILES string of the molecule is O=C(O)CCCc1nnc(C2CSc3ccccc32)o1. The number of thioether (sulfide) groups is 1. The van der Waals surface area contributed by atoms with Crippen molar-refractivity contribution in [1.29, 1.82) is 0 Å². The Kier molecular flexibility index (Phi) is 3.73. The molecule has 2 aromatic rings. The molecule has 5 nitrogen and oxygen atoms in total. The molecule has 20 heavy (non-hydrogen) atoms. The predicted octanol–water partition coefficient (Wildman–Crippen LogP) is 2.71. The van der Waals surface area contributed by atoms with Crippen molar-refractivity contribution in [2.45, 2.75) is 30.1 Å². The minimum Gasteiger partial charge on any atom is -0.481 e. The van der Waals surface area contributed by atoms with Gasteiger partial charge in [-0.15, -0.1) is 22.0 Å². The Bertz CT molecular complexity index is 626. The Labute approximate surface area is 120 Å². The van der Waals surface area contributed by atoms with Gasteiger partial charge in [-0.05, 0) is 18.1 Å². The number of hydrogen-bond donors (Lipinski definition) is 1. The number of carboxylic acid groups (broad SMARTS) is 1. The van der Waals surface area contributed by atoms with Crippen LogP contribution in [0.1, 0.15) is 36.1 Å². The van der Waals surface area contributed by atoms with Crippen molar-refractivity contribution in [3.63, 3.8) is 0 Å². The fourth-order valence-electron chi connectivity index (χ4n) is 2.27. The van der Waals surface area contributed by atoms with E-state index in [1.165, 1.54) is 10.5 Å². The van der Waals surface area contributed by atoms with Gasteiger partial charge < -0.3 is 9.52 Å². The Morgan fingerprint density at radius 3 is 3.10 bits per heavy atom. The van der Waals surface area contributed by atoms with Crippen LogP contribution in [-0.2, 0) is 11.2 Å². The van der Waals surface area contributed by atoms with E-state index in [1.54, 1.807) is 11.8 Å². The third kappa shape index (κ3) is 2.70. The maximum Gasteiger partial charge on any atom is 0.303 e. The Morgan fingerprint density at radius 1 is 1.40 bits per heavy atom. The van der Waals surface area contributed by atoms with Gasteiger partial charge in [-0.25, -0.2) is 0 Å². The highest BCUT2D eigenvalue weighted by Gasteiger charge is 2.28. The van der Waals surface area contributed by atoms with E-state index in [1.807, 2.05) is 12.1 Å². The summed E-state index contributed by atoms with van der Waals surface area (Å²) >= 11 is 1.80. The van der Waals surface area contributed by atoms with Gasteiger partial charge in [0.2, 0.25) is 11.8 Å². The fraction of sp³-hybridized carbons (Fsp3) is 0.357. The summed E-state index contributed by atoms with van der Waals surface area (Å²) in [5.74, 6) is 1.42. The highest BCUT2D eigenvalue weighted by atomic mass is 32.2. The molecule has 0 radical (unpaired) electrons. The van der Waals surface area contributed by atoms with Crippen molar-refractivity contribution in [1.82, 2.24) is 10.2 Å². The van der Waals surface area contributed by atoms with Crippen molar-refractivity contribution in [2.75, 3.05) is 5.75 Å². The molecule has 1 aromatic heterocycles. The molecule has 1 aliphatic heterocycles. The molecule has 0 spiro atoms. The first-order valence-corrected chi connectivity index (χ1v) is 7.48. The Hall–Kier alpha value is -1.82. The molecule has 1 N–H and O–H groups in total. The van der Waals surface area contributed by atoms with Crippen LogP contribution in [0.3, 0.4) is 0 Å². The standard InChI is InChI=1S/C14H14N2O3S/c17-13(18)7-3-6-12-15-16-14(19-12)10-8-20-11-5-2-1-4-9(10)11/h1-2,4-5,10H,3,6-8H2,(H,17,18). The number of aliphatic carboxylic acids is 1. The molecule has 0 saturated carbocycles. The molecule has 6 heteroatoms. The Morgan fingerprint density at radius 2 is 2.25 bits per heavy atom. The second-order valence-corrected chi connectivity index (χ2v) is 5.74. The molecule has 1 atom stereocenters. The van der Waals surface area contributed by atoms with Gasteiger partial charge in [-0.1, -0.05) is 18.2 Å². The lowest BCUT2D eigenvalue weighted by Crippen LogP contribution is -1.99. The summed E-state index contributed by atoms with van der Waals surface area (Å²) in [5.41, 5.74) is 1.23.